The first kappa shape index (κ1) is 14.5. The molecule has 0 spiro atoms. The van der Waals surface area contributed by atoms with E-state index in [2.05, 4.69) is 6.58 Å². The van der Waals surface area contributed by atoms with Crippen LogP contribution in [-0.4, -0.2) is 37.9 Å². The molecule has 0 aliphatic heterocycles. The zero-order valence-corrected chi connectivity index (χ0v) is 10.9. The molecule has 0 aromatic rings. The highest BCUT2D eigenvalue weighted by Crippen LogP contribution is 2.19. The van der Waals surface area contributed by atoms with Crippen molar-refractivity contribution in [2.75, 3.05) is 12.8 Å². The molecule has 88 valence electrons. The van der Waals surface area contributed by atoms with E-state index >= 15 is 0 Å². The zero-order chi connectivity index (χ0) is 12.1. The van der Waals surface area contributed by atoms with E-state index in [0.717, 1.165) is 0 Å². The number of ketones is 1. The van der Waals surface area contributed by atoms with Crippen molar-refractivity contribution >= 4 is 14.3 Å². The van der Waals surface area contributed by atoms with Crippen LogP contribution < -0.4 is 0 Å². The third kappa shape index (κ3) is 4.25. The van der Waals surface area contributed by atoms with Gasteiger partial charge in [0.1, 0.15) is 5.60 Å². The molecule has 1 N–H and O–H groups in total. The lowest BCUT2D eigenvalue weighted by atomic mass is 10.0. The van der Waals surface area contributed by atoms with Crippen molar-refractivity contribution in [3.63, 3.8) is 0 Å². The van der Waals surface area contributed by atoms with Crippen molar-refractivity contribution in [2.24, 2.45) is 0 Å². The molecular weight excluding hydrogens is 212 g/mol. The monoisotopic (exact) mass is 232 g/mol. The standard InChI is InChI=1S/C10H20O4Si/c1-6-9(12)10(3,4)14-15(5,8-11)13-7-2/h6,11H,1,7-8H2,2-5H3. The molecule has 4 nitrogen and oxygen atoms in total. The molecule has 1 atom stereocenters. The van der Waals surface area contributed by atoms with E-state index in [1.165, 1.54) is 6.08 Å². The number of carbonyl (C=O) groups excluding carboxylic acids is 1. The molecule has 0 bridgehead atoms. The zero-order valence-electron chi connectivity index (χ0n) is 9.87. The second-order valence-electron chi connectivity index (χ2n) is 3.91. The first-order chi connectivity index (χ1) is 6.81. The van der Waals surface area contributed by atoms with Crippen LogP contribution in [0.1, 0.15) is 20.8 Å². The van der Waals surface area contributed by atoms with Crippen molar-refractivity contribution in [3.05, 3.63) is 12.7 Å². The number of hydrogen-bond donors (Lipinski definition) is 1. The van der Waals surface area contributed by atoms with Crippen LogP contribution in [0, 0.1) is 0 Å². The Morgan fingerprint density at radius 3 is 2.47 bits per heavy atom. The van der Waals surface area contributed by atoms with Gasteiger partial charge >= 0.3 is 8.56 Å². The maximum atomic E-state index is 11.5. The Balaban J connectivity index is 4.66. The molecule has 0 heterocycles. The second-order valence-corrected chi connectivity index (χ2v) is 6.98. The fourth-order valence-electron chi connectivity index (χ4n) is 1.25. The van der Waals surface area contributed by atoms with Gasteiger partial charge in [-0.1, -0.05) is 6.58 Å². The number of aliphatic hydroxyl groups excluding tert-OH is 1. The van der Waals surface area contributed by atoms with E-state index in [1.54, 1.807) is 20.4 Å². The van der Waals surface area contributed by atoms with Crippen LogP contribution >= 0.6 is 0 Å². The molecule has 1 unspecified atom stereocenters. The van der Waals surface area contributed by atoms with Crippen molar-refractivity contribution in [3.8, 4) is 0 Å². The molecular formula is C10H20O4Si. The summed E-state index contributed by atoms with van der Waals surface area (Å²) in [6.45, 7) is 10.7. The van der Waals surface area contributed by atoms with E-state index < -0.39 is 14.2 Å². The number of hydrogen-bond acceptors (Lipinski definition) is 4. The third-order valence-corrected chi connectivity index (χ3v) is 4.40. The molecule has 0 aromatic carbocycles. The van der Waals surface area contributed by atoms with Gasteiger partial charge in [0.15, 0.2) is 5.78 Å². The van der Waals surface area contributed by atoms with Gasteiger partial charge in [-0.15, -0.1) is 0 Å². The molecule has 15 heavy (non-hydrogen) atoms. The van der Waals surface area contributed by atoms with Crippen LogP contribution in [0.25, 0.3) is 0 Å². The number of aliphatic hydroxyl groups is 1. The predicted molar refractivity (Wildman–Crippen MR) is 60.7 cm³/mol. The van der Waals surface area contributed by atoms with Crippen molar-refractivity contribution in [2.45, 2.75) is 32.9 Å². The van der Waals surface area contributed by atoms with Gasteiger partial charge in [0, 0.05) is 6.61 Å². The summed E-state index contributed by atoms with van der Waals surface area (Å²) in [6, 6.07) is 0. The molecule has 0 saturated heterocycles. The summed E-state index contributed by atoms with van der Waals surface area (Å²) in [7, 11) is -2.65. The van der Waals surface area contributed by atoms with Gasteiger partial charge < -0.3 is 14.0 Å². The third-order valence-electron chi connectivity index (χ3n) is 1.99. The first-order valence-corrected chi connectivity index (χ1v) is 7.45. The Morgan fingerprint density at radius 1 is 1.60 bits per heavy atom. The first-order valence-electron chi connectivity index (χ1n) is 4.93. The van der Waals surface area contributed by atoms with Crippen LogP contribution in [0.2, 0.25) is 6.55 Å². The van der Waals surface area contributed by atoms with Crippen molar-refractivity contribution < 1.29 is 18.8 Å². The lowest BCUT2D eigenvalue weighted by molar-refractivity contribution is -0.129. The average Bonchev–Trinajstić information content (AvgIpc) is 2.16. The minimum Gasteiger partial charge on any atom is -0.394 e. The smallest absolute Gasteiger partial charge is 0.362 e. The number of carbonyl (C=O) groups is 1. The Labute approximate surface area is 92.1 Å². The number of rotatable bonds is 7. The summed E-state index contributed by atoms with van der Waals surface area (Å²) in [6.07, 6.45) is 1.05. The van der Waals surface area contributed by atoms with Gasteiger partial charge in [-0.3, -0.25) is 4.79 Å². The van der Waals surface area contributed by atoms with Crippen molar-refractivity contribution in [1.82, 2.24) is 0 Å². The van der Waals surface area contributed by atoms with Gasteiger partial charge in [0.2, 0.25) is 0 Å². The van der Waals surface area contributed by atoms with Crippen LogP contribution in [0.3, 0.4) is 0 Å². The summed E-state index contributed by atoms with van der Waals surface area (Å²) < 4.78 is 11.0. The minimum absolute atomic E-state index is 0.172. The van der Waals surface area contributed by atoms with Gasteiger partial charge in [0.25, 0.3) is 0 Å². The van der Waals surface area contributed by atoms with Gasteiger partial charge in [-0.2, -0.15) is 0 Å². The van der Waals surface area contributed by atoms with E-state index in [-0.39, 0.29) is 12.0 Å². The van der Waals surface area contributed by atoms with E-state index in [0.29, 0.717) is 6.61 Å². The molecule has 0 rings (SSSR count). The molecule has 0 amide bonds. The topological polar surface area (TPSA) is 55.8 Å². The molecule has 5 heteroatoms. The SMILES string of the molecule is C=CC(=O)C(C)(C)O[Si](C)(CO)OCC. The summed E-state index contributed by atoms with van der Waals surface area (Å²) in [5, 5.41) is 9.21. The predicted octanol–water partition coefficient (Wildman–Crippen LogP) is 1.18. The van der Waals surface area contributed by atoms with Gasteiger partial charge in [0.05, 0.1) is 6.23 Å². The van der Waals surface area contributed by atoms with Crippen molar-refractivity contribution in [1.29, 1.82) is 0 Å². The minimum atomic E-state index is -2.65. The second kappa shape index (κ2) is 5.55. The van der Waals surface area contributed by atoms with E-state index in [9.17, 15) is 9.90 Å². The highest BCUT2D eigenvalue weighted by atomic mass is 28.4. The van der Waals surface area contributed by atoms with Gasteiger partial charge in [-0.05, 0) is 33.4 Å². The maximum Gasteiger partial charge on any atom is 0.362 e. The van der Waals surface area contributed by atoms with Crippen LogP contribution in [0.5, 0.6) is 0 Å². The van der Waals surface area contributed by atoms with Crippen LogP contribution in [-0.2, 0) is 13.6 Å². The highest BCUT2D eigenvalue weighted by Gasteiger charge is 2.40. The summed E-state index contributed by atoms with van der Waals surface area (Å²) >= 11 is 0. The molecule has 0 aliphatic carbocycles. The highest BCUT2D eigenvalue weighted by molar-refractivity contribution is 6.66. The lowest BCUT2D eigenvalue weighted by Crippen LogP contribution is -2.52. The molecule has 0 fully saturated rings. The molecule has 0 aliphatic rings. The van der Waals surface area contributed by atoms with Crippen LogP contribution in [0.4, 0.5) is 0 Å². The fraction of sp³-hybridized carbons (Fsp3) is 0.700. The molecule has 0 saturated carbocycles. The largest absolute Gasteiger partial charge is 0.394 e. The van der Waals surface area contributed by atoms with Gasteiger partial charge in [-0.25, -0.2) is 0 Å². The van der Waals surface area contributed by atoms with E-state index in [4.69, 9.17) is 8.85 Å². The Bertz CT molecular complexity index is 240. The van der Waals surface area contributed by atoms with Crippen LogP contribution in [0.15, 0.2) is 12.7 Å². The maximum absolute atomic E-state index is 11.5. The Morgan fingerprint density at radius 2 is 2.13 bits per heavy atom. The summed E-state index contributed by atoms with van der Waals surface area (Å²) in [4.78, 5) is 11.5. The molecule has 0 radical (unpaired) electrons. The quantitative estimate of drug-likeness (QED) is 0.529. The normalized spacial score (nSPS) is 15.8. The average molecular weight is 232 g/mol. The Hall–Kier alpha value is -0.493. The Kier molecular flexibility index (Phi) is 5.37. The summed E-state index contributed by atoms with van der Waals surface area (Å²) in [5.74, 6) is -0.214. The summed E-state index contributed by atoms with van der Waals surface area (Å²) in [5.41, 5.74) is -0.985. The fourth-order valence-corrected chi connectivity index (χ4v) is 3.25. The van der Waals surface area contributed by atoms with E-state index in [1.807, 2.05) is 6.92 Å². The molecule has 0 aromatic heterocycles. The lowest BCUT2D eigenvalue weighted by Gasteiger charge is -2.33.